The normalized spacial score (nSPS) is 19.1. The van der Waals surface area contributed by atoms with E-state index < -0.39 is 17.7 Å². The maximum Gasteiger partial charge on any atom is 0.186 e. The van der Waals surface area contributed by atoms with Crippen LogP contribution in [0.25, 0.3) is 10.6 Å². The first-order valence-corrected chi connectivity index (χ1v) is 10.4. The molecule has 3 aromatic rings. The van der Waals surface area contributed by atoms with E-state index in [0.29, 0.717) is 25.1 Å². The summed E-state index contributed by atoms with van der Waals surface area (Å²) in [6, 6.07) is 5.04. The number of aliphatic hydroxyl groups is 1. The van der Waals surface area contributed by atoms with Crippen molar-refractivity contribution >= 4 is 22.8 Å². The Balaban J connectivity index is 1.55. The van der Waals surface area contributed by atoms with Crippen molar-refractivity contribution in [3.63, 3.8) is 0 Å². The lowest BCUT2D eigenvalue weighted by Crippen LogP contribution is -2.51. The van der Waals surface area contributed by atoms with Crippen molar-refractivity contribution in [2.45, 2.75) is 25.0 Å². The molecule has 1 saturated heterocycles. The Bertz CT molecular complexity index is 1050. The number of carbonyl (C=O) groups excluding carboxylic acids is 1. The molecule has 3 heterocycles. The van der Waals surface area contributed by atoms with Crippen LogP contribution in [-0.2, 0) is 6.42 Å². The molecule has 30 heavy (non-hydrogen) atoms. The fraction of sp³-hybridized carbons (Fsp3) is 0.286. The van der Waals surface area contributed by atoms with E-state index in [1.165, 1.54) is 11.4 Å². The van der Waals surface area contributed by atoms with Crippen molar-refractivity contribution in [2.75, 3.05) is 18.0 Å². The number of pyridine rings is 1. The second-order valence-electron chi connectivity index (χ2n) is 7.20. The van der Waals surface area contributed by atoms with Crippen LogP contribution in [0.3, 0.4) is 0 Å². The van der Waals surface area contributed by atoms with Crippen molar-refractivity contribution in [2.24, 2.45) is 5.73 Å². The predicted octanol–water partition coefficient (Wildman–Crippen LogP) is 2.81. The Morgan fingerprint density at radius 2 is 2.07 bits per heavy atom. The smallest absolute Gasteiger partial charge is 0.186 e. The number of piperidine rings is 1. The Kier molecular flexibility index (Phi) is 5.85. The number of carbonyl (C=O) groups is 1. The number of anilines is 1. The number of Topliss-reactive ketones (excluding diaryl/α,β-unsaturated/α-hetero) is 1. The number of aliphatic hydroxyl groups excluding tert-OH is 1. The van der Waals surface area contributed by atoms with Crippen molar-refractivity contribution < 1.29 is 18.7 Å². The van der Waals surface area contributed by atoms with Crippen molar-refractivity contribution in [1.82, 2.24) is 9.97 Å². The molecule has 6 nitrogen and oxygen atoms in total. The number of benzene rings is 1. The summed E-state index contributed by atoms with van der Waals surface area (Å²) in [4.78, 5) is 23.1. The molecule has 9 heteroatoms. The molecule has 0 unspecified atom stereocenters. The number of ketones is 1. The van der Waals surface area contributed by atoms with Crippen LogP contribution in [0.4, 0.5) is 14.5 Å². The zero-order chi connectivity index (χ0) is 21.3. The van der Waals surface area contributed by atoms with Crippen LogP contribution >= 0.6 is 11.3 Å². The summed E-state index contributed by atoms with van der Waals surface area (Å²) in [5.41, 5.74) is 7.44. The lowest BCUT2D eigenvalue weighted by molar-refractivity contribution is 0.0988. The molecule has 4 rings (SSSR count). The largest absolute Gasteiger partial charge is 0.391 e. The first kappa shape index (κ1) is 20.5. The molecule has 1 aromatic carbocycles. The molecular formula is C21H20F2N4O2S. The molecule has 0 aliphatic carbocycles. The van der Waals surface area contributed by atoms with E-state index in [-0.39, 0.29) is 34.5 Å². The number of halogens is 2. The van der Waals surface area contributed by atoms with Crippen LogP contribution in [0.5, 0.6) is 0 Å². The van der Waals surface area contributed by atoms with Gasteiger partial charge in [0.1, 0.15) is 22.3 Å². The number of hydrogen-bond acceptors (Lipinski definition) is 7. The highest BCUT2D eigenvalue weighted by atomic mass is 32.1. The van der Waals surface area contributed by atoms with Gasteiger partial charge in [-0.25, -0.2) is 13.8 Å². The summed E-state index contributed by atoms with van der Waals surface area (Å²) in [5, 5.41) is 11.5. The molecule has 0 spiro atoms. The van der Waals surface area contributed by atoms with Gasteiger partial charge in [-0.05, 0) is 24.6 Å². The van der Waals surface area contributed by atoms with Gasteiger partial charge in [0, 0.05) is 54.6 Å². The lowest BCUT2D eigenvalue weighted by Gasteiger charge is -2.36. The highest BCUT2D eigenvalue weighted by molar-refractivity contribution is 7.13. The van der Waals surface area contributed by atoms with Crippen molar-refractivity contribution in [1.29, 1.82) is 0 Å². The van der Waals surface area contributed by atoms with E-state index in [1.807, 2.05) is 11.0 Å². The van der Waals surface area contributed by atoms with E-state index in [0.717, 1.165) is 29.2 Å². The van der Waals surface area contributed by atoms with E-state index in [9.17, 15) is 18.7 Å². The highest BCUT2D eigenvalue weighted by Gasteiger charge is 2.27. The SMILES string of the molecule is N[C@@H]1CN(c2ccncc2CC(=O)c2csc(-c3c(F)cccc3F)n2)CC[C@@H]1O. The molecule has 2 atom stereocenters. The summed E-state index contributed by atoms with van der Waals surface area (Å²) in [5.74, 6) is -1.71. The number of hydrogen-bond donors (Lipinski definition) is 2. The molecule has 2 aromatic heterocycles. The average Bonchev–Trinajstić information content (AvgIpc) is 3.20. The van der Waals surface area contributed by atoms with Crippen LogP contribution in [0, 0.1) is 11.6 Å². The fourth-order valence-electron chi connectivity index (χ4n) is 3.54. The summed E-state index contributed by atoms with van der Waals surface area (Å²) in [6.45, 7) is 1.09. The average molecular weight is 430 g/mol. The number of thiazole rings is 1. The molecule has 1 aliphatic heterocycles. The van der Waals surface area contributed by atoms with Gasteiger partial charge in [-0.15, -0.1) is 11.3 Å². The van der Waals surface area contributed by atoms with Gasteiger partial charge < -0.3 is 15.7 Å². The number of aromatic nitrogens is 2. The highest BCUT2D eigenvalue weighted by Crippen LogP contribution is 2.30. The van der Waals surface area contributed by atoms with Gasteiger partial charge >= 0.3 is 0 Å². The summed E-state index contributed by atoms with van der Waals surface area (Å²) >= 11 is 1.02. The Morgan fingerprint density at radius 1 is 1.30 bits per heavy atom. The minimum atomic E-state index is -0.721. The fourth-order valence-corrected chi connectivity index (χ4v) is 4.41. The van der Waals surface area contributed by atoms with E-state index in [1.54, 1.807) is 12.4 Å². The third-order valence-corrected chi connectivity index (χ3v) is 6.02. The maximum absolute atomic E-state index is 14.0. The van der Waals surface area contributed by atoms with Gasteiger partial charge in [0.05, 0.1) is 11.7 Å². The van der Waals surface area contributed by atoms with Crippen LogP contribution < -0.4 is 10.6 Å². The second-order valence-corrected chi connectivity index (χ2v) is 8.06. The molecule has 0 amide bonds. The zero-order valence-corrected chi connectivity index (χ0v) is 16.8. The quantitative estimate of drug-likeness (QED) is 0.605. The minimum absolute atomic E-state index is 0.0421. The number of nitrogens with two attached hydrogens (primary N) is 1. The van der Waals surface area contributed by atoms with E-state index >= 15 is 0 Å². The third kappa shape index (κ3) is 4.09. The number of rotatable bonds is 5. The van der Waals surface area contributed by atoms with E-state index in [2.05, 4.69) is 9.97 Å². The third-order valence-electron chi connectivity index (χ3n) is 5.16. The minimum Gasteiger partial charge on any atom is -0.391 e. The van der Waals surface area contributed by atoms with Crippen LogP contribution in [0.15, 0.2) is 42.0 Å². The maximum atomic E-state index is 14.0. The molecule has 0 bridgehead atoms. The Labute approximate surface area is 176 Å². The van der Waals surface area contributed by atoms with Crippen molar-refractivity contribution in [3.8, 4) is 10.6 Å². The summed E-state index contributed by atoms with van der Waals surface area (Å²) < 4.78 is 28.0. The Hall–Kier alpha value is -2.75. The standard InChI is InChI=1S/C21H20F2N4O2S/c22-13-2-1-3-14(23)20(13)21-26-16(11-30-21)19(29)8-12-9-25-6-4-17(12)27-7-5-18(28)15(24)10-27/h1-4,6,9,11,15,18,28H,5,7-8,10,24H2/t15-,18+/m1/s1. The first-order valence-electron chi connectivity index (χ1n) is 9.48. The monoisotopic (exact) mass is 430 g/mol. The van der Waals surface area contributed by atoms with Crippen LogP contribution in [-0.4, -0.2) is 46.1 Å². The molecule has 1 fully saturated rings. The van der Waals surface area contributed by atoms with Crippen molar-refractivity contribution in [3.05, 3.63) is 64.9 Å². The van der Waals surface area contributed by atoms with Gasteiger partial charge in [-0.3, -0.25) is 9.78 Å². The number of nitrogens with zero attached hydrogens (tertiary/aromatic N) is 3. The molecule has 156 valence electrons. The Morgan fingerprint density at radius 3 is 2.80 bits per heavy atom. The first-order chi connectivity index (χ1) is 14.4. The molecule has 0 radical (unpaired) electrons. The second kappa shape index (κ2) is 8.55. The van der Waals surface area contributed by atoms with E-state index in [4.69, 9.17) is 5.73 Å². The molecule has 3 N–H and O–H groups in total. The molecule has 1 aliphatic rings. The van der Waals surface area contributed by atoms with Gasteiger partial charge in [-0.2, -0.15) is 0 Å². The molecule has 0 saturated carbocycles. The summed E-state index contributed by atoms with van der Waals surface area (Å²) in [6.07, 6.45) is 3.30. The lowest BCUT2D eigenvalue weighted by atomic mass is 10.0. The predicted molar refractivity (Wildman–Crippen MR) is 111 cm³/mol. The van der Waals surface area contributed by atoms with Crippen LogP contribution in [0.1, 0.15) is 22.5 Å². The summed E-state index contributed by atoms with van der Waals surface area (Å²) in [7, 11) is 0. The zero-order valence-electron chi connectivity index (χ0n) is 16.0. The van der Waals surface area contributed by atoms with Gasteiger partial charge in [-0.1, -0.05) is 6.07 Å². The van der Waals surface area contributed by atoms with Gasteiger partial charge in [0.25, 0.3) is 0 Å². The topological polar surface area (TPSA) is 92.3 Å². The van der Waals surface area contributed by atoms with Crippen LogP contribution in [0.2, 0.25) is 0 Å². The van der Waals surface area contributed by atoms with Gasteiger partial charge in [0.2, 0.25) is 0 Å². The molecular weight excluding hydrogens is 410 g/mol. The van der Waals surface area contributed by atoms with Gasteiger partial charge in [0.15, 0.2) is 5.78 Å².